The van der Waals surface area contributed by atoms with Gasteiger partial charge in [0, 0.05) is 47.6 Å². The van der Waals surface area contributed by atoms with E-state index < -0.39 is 23.3 Å². The van der Waals surface area contributed by atoms with Gasteiger partial charge in [-0.2, -0.15) is 5.10 Å². The predicted molar refractivity (Wildman–Crippen MR) is 126 cm³/mol. The zero-order chi connectivity index (χ0) is 23.9. The highest BCUT2D eigenvalue weighted by atomic mass is 32.1. The smallest absolute Gasteiger partial charge is 0.137 e. The van der Waals surface area contributed by atoms with Crippen molar-refractivity contribution >= 4 is 11.3 Å². The van der Waals surface area contributed by atoms with Crippen LogP contribution in [-0.4, -0.2) is 42.3 Å². The molecule has 0 bridgehead atoms. The number of aryl methyl sites for hydroxylation is 1. The van der Waals surface area contributed by atoms with E-state index in [1.54, 1.807) is 11.3 Å². The molecule has 6 nitrogen and oxygen atoms in total. The molecule has 2 aromatic carbocycles. The molecule has 176 valence electrons. The first-order valence-electron chi connectivity index (χ1n) is 11.1. The van der Waals surface area contributed by atoms with E-state index in [-0.39, 0.29) is 12.1 Å². The van der Waals surface area contributed by atoms with Crippen LogP contribution in [0.4, 0.5) is 8.78 Å². The van der Waals surface area contributed by atoms with Gasteiger partial charge in [0.1, 0.15) is 34.9 Å². The summed E-state index contributed by atoms with van der Waals surface area (Å²) in [5.41, 5.74) is 1.72. The number of aromatic nitrogens is 4. The van der Waals surface area contributed by atoms with Gasteiger partial charge in [-0.3, -0.25) is 4.90 Å². The van der Waals surface area contributed by atoms with Gasteiger partial charge in [-0.05, 0) is 26.0 Å². The molecule has 0 spiro atoms. The number of benzene rings is 2. The summed E-state index contributed by atoms with van der Waals surface area (Å²) < 4.78 is 30.0. The van der Waals surface area contributed by atoms with Crippen molar-refractivity contribution in [3.05, 3.63) is 88.5 Å². The maximum atomic E-state index is 14.9. The number of hydrogen-bond acceptors (Lipinski definition) is 6. The van der Waals surface area contributed by atoms with E-state index in [2.05, 4.69) is 40.1 Å². The number of aliphatic hydroxyl groups is 1. The third-order valence-electron chi connectivity index (χ3n) is 6.53. The van der Waals surface area contributed by atoms with Gasteiger partial charge in [0.15, 0.2) is 0 Å². The van der Waals surface area contributed by atoms with Gasteiger partial charge in [0.2, 0.25) is 0 Å². The first-order chi connectivity index (χ1) is 16.3. The average molecular weight is 482 g/mol. The molecule has 1 aliphatic heterocycles. The standard InChI is InChI=1S/C25H25F2N5OS/c1-16-4-3-5-18(10-16)24-30-22-8-9-31(12-23(22)34-24)17(2)25(33,13-32-15-28-14-29-32)20-7-6-19(26)11-21(20)27/h3-7,10-11,14-15,17,33H,8-9,12-13H2,1-2H3. The lowest BCUT2D eigenvalue weighted by atomic mass is 9.85. The van der Waals surface area contributed by atoms with Crippen molar-refractivity contribution < 1.29 is 13.9 Å². The van der Waals surface area contributed by atoms with Crippen LogP contribution in [0.5, 0.6) is 0 Å². The van der Waals surface area contributed by atoms with Gasteiger partial charge < -0.3 is 5.11 Å². The summed E-state index contributed by atoms with van der Waals surface area (Å²) in [6.45, 7) is 5.16. The molecular weight excluding hydrogens is 456 g/mol. The van der Waals surface area contributed by atoms with Crippen molar-refractivity contribution in [2.45, 2.75) is 45.0 Å². The highest BCUT2D eigenvalue weighted by Crippen LogP contribution is 2.37. The van der Waals surface area contributed by atoms with Gasteiger partial charge in [-0.1, -0.05) is 29.8 Å². The summed E-state index contributed by atoms with van der Waals surface area (Å²) in [6, 6.07) is 11.1. The second-order valence-corrected chi connectivity index (χ2v) is 9.88. The molecule has 0 amide bonds. The van der Waals surface area contributed by atoms with Crippen LogP contribution < -0.4 is 0 Å². The Hall–Kier alpha value is -3.01. The highest BCUT2D eigenvalue weighted by Gasteiger charge is 2.43. The molecule has 0 saturated heterocycles. The number of nitrogens with zero attached hydrogens (tertiary/aromatic N) is 5. The van der Waals surface area contributed by atoms with Crippen molar-refractivity contribution in [1.82, 2.24) is 24.6 Å². The van der Waals surface area contributed by atoms with Crippen molar-refractivity contribution in [3.8, 4) is 10.6 Å². The number of fused-ring (bicyclic) bond motifs is 1. The van der Waals surface area contributed by atoms with Gasteiger partial charge in [0.05, 0.1) is 12.2 Å². The monoisotopic (exact) mass is 481 g/mol. The van der Waals surface area contributed by atoms with Gasteiger partial charge in [-0.25, -0.2) is 23.4 Å². The molecule has 3 heterocycles. The second kappa shape index (κ2) is 8.98. The molecule has 2 unspecified atom stereocenters. The lowest BCUT2D eigenvalue weighted by molar-refractivity contribution is -0.0675. The Labute approximate surface area is 200 Å². The lowest BCUT2D eigenvalue weighted by Gasteiger charge is -2.42. The summed E-state index contributed by atoms with van der Waals surface area (Å²) in [4.78, 5) is 12.1. The van der Waals surface area contributed by atoms with Crippen LogP contribution in [0.1, 0.15) is 28.6 Å². The summed E-state index contributed by atoms with van der Waals surface area (Å²) >= 11 is 1.65. The second-order valence-electron chi connectivity index (χ2n) is 8.80. The van der Waals surface area contributed by atoms with Crippen molar-refractivity contribution in [1.29, 1.82) is 0 Å². The average Bonchev–Trinajstić information content (AvgIpc) is 3.47. The Morgan fingerprint density at radius 3 is 2.79 bits per heavy atom. The molecule has 1 N–H and O–H groups in total. The molecule has 9 heteroatoms. The fourth-order valence-electron chi connectivity index (χ4n) is 4.59. The molecule has 1 aliphatic rings. The van der Waals surface area contributed by atoms with E-state index >= 15 is 0 Å². The molecule has 2 atom stereocenters. The molecular formula is C25H25F2N5OS. The summed E-state index contributed by atoms with van der Waals surface area (Å²) in [7, 11) is 0. The van der Waals surface area contributed by atoms with E-state index in [1.807, 2.05) is 13.0 Å². The summed E-state index contributed by atoms with van der Waals surface area (Å²) in [5, 5.41) is 17.0. The van der Waals surface area contributed by atoms with E-state index in [4.69, 9.17) is 4.98 Å². The molecule has 0 aliphatic carbocycles. The van der Waals surface area contributed by atoms with Crippen LogP contribution in [0.25, 0.3) is 10.6 Å². The number of halogens is 2. The van der Waals surface area contributed by atoms with Crippen LogP contribution >= 0.6 is 11.3 Å². The minimum atomic E-state index is -1.66. The van der Waals surface area contributed by atoms with E-state index in [9.17, 15) is 13.9 Å². The van der Waals surface area contributed by atoms with Gasteiger partial charge >= 0.3 is 0 Å². The Kier molecular flexibility index (Phi) is 6.01. The van der Waals surface area contributed by atoms with Crippen LogP contribution in [0.2, 0.25) is 0 Å². The molecule has 0 saturated carbocycles. The lowest BCUT2D eigenvalue weighted by Crippen LogP contribution is -2.53. The Bertz CT molecular complexity index is 1310. The fourth-order valence-corrected chi connectivity index (χ4v) is 5.72. The van der Waals surface area contributed by atoms with E-state index in [0.29, 0.717) is 13.1 Å². The number of hydrogen-bond donors (Lipinski definition) is 1. The number of thiazole rings is 1. The van der Waals surface area contributed by atoms with E-state index in [0.717, 1.165) is 33.6 Å². The maximum Gasteiger partial charge on any atom is 0.137 e. The van der Waals surface area contributed by atoms with Crippen LogP contribution in [0, 0.1) is 18.6 Å². The minimum absolute atomic E-state index is 0.0166. The Morgan fingerprint density at radius 2 is 2.06 bits per heavy atom. The Morgan fingerprint density at radius 1 is 1.21 bits per heavy atom. The summed E-state index contributed by atoms with van der Waals surface area (Å²) in [6.07, 6.45) is 3.57. The quantitative estimate of drug-likeness (QED) is 0.444. The Balaban J connectivity index is 1.46. The van der Waals surface area contributed by atoms with E-state index in [1.165, 1.54) is 35.0 Å². The highest BCUT2D eigenvalue weighted by molar-refractivity contribution is 7.15. The van der Waals surface area contributed by atoms with Crippen molar-refractivity contribution in [2.75, 3.05) is 6.54 Å². The zero-order valence-corrected chi connectivity index (χ0v) is 19.8. The molecule has 4 aromatic rings. The minimum Gasteiger partial charge on any atom is -0.381 e. The fraction of sp³-hybridized carbons (Fsp3) is 0.320. The molecule has 34 heavy (non-hydrogen) atoms. The normalized spacial score (nSPS) is 16.7. The third-order valence-corrected chi connectivity index (χ3v) is 7.66. The zero-order valence-electron chi connectivity index (χ0n) is 18.9. The van der Waals surface area contributed by atoms with Gasteiger partial charge in [0.25, 0.3) is 0 Å². The van der Waals surface area contributed by atoms with Crippen LogP contribution in [0.3, 0.4) is 0 Å². The van der Waals surface area contributed by atoms with Crippen molar-refractivity contribution in [2.24, 2.45) is 0 Å². The van der Waals surface area contributed by atoms with Gasteiger partial charge in [-0.15, -0.1) is 11.3 Å². The maximum absolute atomic E-state index is 14.9. The predicted octanol–water partition coefficient (Wildman–Crippen LogP) is 4.32. The molecule has 0 radical (unpaired) electrons. The first kappa shape index (κ1) is 22.8. The first-order valence-corrected chi connectivity index (χ1v) is 11.9. The number of rotatable bonds is 6. The SMILES string of the molecule is Cc1cccc(-c2nc3c(s2)CN(C(C)C(O)(Cn2cncn2)c2ccc(F)cc2F)CC3)c1. The van der Waals surface area contributed by atoms with Crippen LogP contribution in [-0.2, 0) is 25.1 Å². The molecule has 5 rings (SSSR count). The molecule has 0 fully saturated rings. The van der Waals surface area contributed by atoms with Crippen molar-refractivity contribution in [3.63, 3.8) is 0 Å². The van der Waals surface area contributed by atoms with Crippen LogP contribution in [0.15, 0.2) is 55.1 Å². The molecule has 2 aromatic heterocycles. The third kappa shape index (κ3) is 4.26. The summed E-state index contributed by atoms with van der Waals surface area (Å²) in [5.74, 6) is -1.47. The largest absolute Gasteiger partial charge is 0.381 e. The topological polar surface area (TPSA) is 67.1 Å².